The summed E-state index contributed by atoms with van der Waals surface area (Å²) in [6.07, 6.45) is 5.94. The van der Waals surface area contributed by atoms with Gasteiger partial charge < -0.3 is 30.9 Å². The normalized spacial score (nSPS) is 22.5. The van der Waals surface area contributed by atoms with Gasteiger partial charge in [-0.15, -0.1) is 0 Å². The van der Waals surface area contributed by atoms with E-state index in [0.29, 0.717) is 43.9 Å². The van der Waals surface area contributed by atoms with Crippen LogP contribution in [0.4, 0.5) is 0 Å². The van der Waals surface area contributed by atoms with Crippen LogP contribution in [0.5, 0.6) is 5.75 Å². The van der Waals surface area contributed by atoms with Crippen molar-refractivity contribution >= 4 is 23.6 Å². The van der Waals surface area contributed by atoms with Crippen LogP contribution in [0.15, 0.2) is 24.3 Å². The van der Waals surface area contributed by atoms with Crippen LogP contribution in [0, 0.1) is 5.92 Å². The van der Waals surface area contributed by atoms with Crippen LogP contribution in [0.2, 0.25) is 0 Å². The number of amides is 4. The molecule has 2 aliphatic heterocycles. The lowest BCUT2D eigenvalue weighted by Crippen LogP contribution is -2.50. The maximum atomic E-state index is 13.2. The van der Waals surface area contributed by atoms with Gasteiger partial charge in [0.15, 0.2) is 0 Å². The molecule has 39 heavy (non-hydrogen) atoms. The zero-order valence-electron chi connectivity index (χ0n) is 23.4. The first-order valence-electron chi connectivity index (χ1n) is 14.4. The summed E-state index contributed by atoms with van der Waals surface area (Å²) in [6, 6.07) is 5.29. The van der Waals surface area contributed by atoms with E-state index in [2.05, 4.69) is 26.2 Å². The molecule has 216 valence electrons. The first-order chi connectivity index (χ1) is 18.8. The van der Waals surface area contributed by atoms with Gasteiger partial charge in [-0.3, -0.25) is 19.2 Å². The van der Waals surface area contributed by atoms with Gasteiger partial charge in [-0.05, 0) is 63.2 Å². The van der Waals surface area contributed by atoms with E-state index in [9.17, 15) is 19.2 Å². The summed E-state index contributed by atoms with van der Waals surface area (Å²) in [7, 11) is 0. The number of benzene rings is 1. The van der Waals surface area contributed by atoms with Gasteiger partial charge in [-0.2, -0.15) is 0 Å². The number of ether oxygens (including phenoxy) is 1. The molecule has 2 aliphatic rings. The van der Waals surface area contributed by atoms with E-state index in [1.807, 2.05) is 13.8 Å². The number of likely N-dealkylation sites (tertiary alicyclic amines) is 1. The lowest BCUT2D eigenvalue weighted by Gasteiger charge is -2.23. The topological polar surface area (TPSA) is 129 Å². The molecule has 1 unspecified atom stereocenters. The number of para-hydroxylation sites is 1. The Bertz CT molecular complexity index is 961. The second-order valence-corrected chi connectivity index (χ2v) is 10.9. The molecule has 0 saturated carbocycles. The van der Waals surface area contributed by atoms with E-state index in [-0.39, 0.29) is 36.5 Å². The molecule has 1 fully saturated rings. The Morgan fingerprint density at radius 2 is 1.79 bits per heavy atom. The third kappa shape index (κ3) is 10.5. The third-order valence-corrected chi connectivity index (χ3v) is 7.08. The summed E-state index contributed by atoms with van der Waals surface area (Å²) in [6.45, 7) is 7.93. The molecule has 0 spiro atoms. The summed E-state index contributed by atoms with van der Waals surface area (Å²) >= 11 is 0. The highest BCUT2D eigenvalue weighted by molar-refractivity contribution is 5.99. The van der Waals surface area contributed by atoms with Gasteiger partial charge in [0.25, 0.3) is 5.91 Å². The maximum Gasteiger partial charge on any atom is 0.255 e. The zero-order valence-corrected chi connectivity index (χ0v) is 23.4. The largest absolute Gasteiger partial charge is 0.493 e. The molecule has 10 heteroatoms. The van der Waals surface area contributed by atoms with Gasteiger partial charge in [-0.25, -0.2) is 0 Å². The standard InChI is InChI=1S/C29H45N5O5/c1-21(2)20-24-29(38)30-14-9-19-39-25-11-6-5-10-22(25)27(36)33-23(12-13-26(35)32-24)28(37)31-15-18-34-16-7-3-4-8-17-34/h5-6,10-11,21,23-24H,3-4,7-9,12-20H2,1-2H3,(H,30,38)(H,31,37)(H,32,35)(H,33,36)/t23-,24?/m0/s1. The number of carbonyl (C=O) groups excluding carboxylic acids is 4. The van der Waals surface area contributed by atoms with Crippen molar-refractivity contribution in [1.29, 1.82) is 0 Å². The Kier molecular flexibility index (Phi) is 12.5. The average molecular weight is 544 g/mol. The van der Waals surface area contributed by atoms with Gasteiger partial charge in [0.2, 0.25) is 17.7 Å². The second-order valence-electron chi connectivity index (χ2n) is 10.9. The van der Waals surface area contributed by atoms with E-state index in [4.69, 9.17) is 4.74 Å². The third-order valence-electron chi connectivity index (χ3n) is 7.08. The van der Waals surface area contributed by atoms with Crippen molar-refractivity contribution in [2.75, 3.05) is 39.3 Å². The first-order valence-corrected chi connectivity index (χ1v) is 14.4. The van der Waals surface area contributed by atoms with E-state index >= 15 is 0 Å². The monoisotopic (exact) mass is 543 g/mol. The van der Waals surface area contributed by atoms with Crippen molar-refractivity contribution in [2.24, 2.45) is 5.92 Å². The Balaban J connectivity index is 1.72. The molecule has 2 atom stereocenters. The fourth-order valence-electron chi connectivity index (χ4n) is 4.94. The molecule has 1 aromatic carbocycles. The predicted molar refractivity (Wildman–Crippen MR) is 149 cm³/mol. The van der Waals surface area contributed by atoms with Gasteiger partial charge in [-0.1, -0.05) is 38.8 Å². The molecule has 1 saturated heterocycles. The highest BCUT2D eigenvalue weighted by Crippen LogP contribution is 2.19. The molecule has 0 aliphatic carbocycles. The minimum absolute atomic E-state index is 0.00941. The SMILES string of the molecule is CC(C)CC1NC(=O)CC[C@@H](C(=O)NCCN2CCCCCC2)NC(=O)c2ccccc2OCCCNC1=O. The van der Waals surface area contributed by atoms with Crippen molar-refractivity contribution in [3.05, 3.63) is 29.8 Å². The van der Waals surface area contributed by atoms with Crippen LogP contribution in [0.1, 0.15) is 75.6 Å². The minimum atomic E-state index is -0.911. The van der Waals surface area contributed by atoms with Crippen LogP contribution in [-0.2, 0) is 14.4 Å². The fraction of sp³-hybridized carbons (Fsp3) is 0.655. The minimum Gasteiger partial charge on any atom is -0.493 e. The second kappa shape index (κ2) is 16.1. The highest BCUT2D eigenvalue weighted by atomic mass is 16.5. The van der Waals surface area contributed by atoms with Gasteiger partial charge in [0, 0.05) is 26.1 Å². The number of hydrogen-bond acceptors (Lipinski definition) is 6. The molecule has 3 rings (SSSR count). The van der Waals surface area contributed by atoms with Crippen molar-refractivity contribution in [3.8, 4) is 5.75 Å². The van der Waals surface area contributed by atoms with Crippen molar-refractivity contribution in [2.45, 2.75) is 77.3 Å². The van der Waals surface area contributed by atoms with Gasteiger partial charge in [0.05, 0.1) is 12.2 Å². The van der Waals surface area contributed by atoms with Crippen LogP contribution in [0.25, 0.3) is 0 Å². The van der Waals surface area contributed by atoms with Crippen LogP contribution < -0.4 is 26.0 Å². The number of rotatable bonds is 6. The van der Waals surface area contributed by atoms with Crippen molar-refractivity contribution < 1.29 is 23.9 Å². The number of hydrogen-bond donors (Lipinski definition) is 4. The molecule has 1 aromatic rings. The van der Waals surface area contributed by atoms with Crippen LogP contribution >= 0.6 is 0 Å². The van der Waals surface area contributed by atoms with Crippen molar-refractivity contribution in [1.82, 2.24) is 26.2 Å². The number of carbonyl (C=O) groups is 4. The lowest BCUT2D eigenvalue weighted by atomic mass is 10.0. The Morgan fingerprint density at radius 1 is 1.05 bits per heavy atom. The Morgan fingerprint density at radius 3 is 2.54 bits per heavy atom. The predicted octanol–water partition coefficient (Wildman–Crippen LogP) is 1.99. The van der Waals surface area contributed by atoms with Crippen molar-refractivity contribution in [3.63, 3.8) is 0 Å². The quantitative estimate of drug-likeness (QED) is 0.434. The van der Waals surface area contributed by atoms with E-state index < -0.39 is 18.0 Å². The van der Waals surface area contributed by atoms with E-state index in [1.54, 1.807) is 24.3 Å². The highest BCUT2D eigenvalue weighted by Gasteiger charge is 2.26. The Labute approximate surface area is 232 Å². The molecule has 0 aromatic heterocycles. The number of fused-ring (bicyclic) bond motifs is 1. The maximum absolute atomic E-state index is 13.2. The van der Waals surface area contributed by atoms with Gasteiger partial charge >= 0.3 is 0 Å². The summed E-state index contributed by atoms with van der Waals surface area (Å²) in [5, 5.41) is 11.5. The van der Waals surface area contributed by atoms with E-state index in [1.165, 1.54) is 25.7 Å². The van der Waals surface area contributed by atoms with E-state index in [0.717, 1.165) is 19.6 Å². The Hall–Kier alpha value is -3.14. The summed E-state index contributed by atoms with van der Waals surface area (Å²) < 4.78 is 5.85. The molecular formula is C29H45N5O5. The smallest absolute Gasteiger partial charge is 0.255 e. The average Bonchev–Trinajstić information content (AvgIpc) is 3.18. The summed E-state index contributed by atoms with van der Waals surface area (Å²) in [4.78, 5) is 54.4. The lowest BCUT2D eigenvalue weighted by molar-refractivity contribution is -0.129. The molecule has 4 amide bonds. The molecular weight excluding hydrogens is 498 g/mol. The molecule has 2 heterocycles. The molecule has 10 nitrogen and oxygen atoms in total. The number of nitrogens with one attached hydrogen (secondary N) is 4. The first kappa shape index (κ1) is 30.4. The molecule has 0 radical (unpaired) electrons. The molecule has 0 bridgehead atoms. The van der Waals surface area contributed by atoms with Crippen LogP contribution in [-0.4, -0.2) is 79.9 Å². The molecule has 4 N–H and O–H groups in total. The van der Waals surface area contributed by atoms with Gasteiger partial charge in [0.1, 0.15) is 17.8 Å². The zero-order chi connectivity index (χ0) is 28.0. The van der Waals surface area contributed by atoms with Crippen LogP contribution in [0.3, 0.4) is 0 Å². The fourth-order valence-corrected chi connectivity index (χ4v) is 4.94. The summed E-state index contributed by atoms with van der Waals surface area (Å²) in [5.74, 6) is -0.722. The summed E-state index contributed by atoms with van der Waals surface area (Å²) in [5.41, 5.74) is 0.317. The number of nitrogens with zero attached hydrogens (tertiary/aromatic N) is 1.